The van der Waals surface area contributed by atoms with E-state index in [1.807, 2.05) is 21.1 Å². The molecule has 0 saturated carbocycles. The molecule has 1 rings (SSSR count). The fourth-order valence-electron chi connectivity index (χ4n) is 1.18. The third kappa shape index (κ3) is 1.69. The molecule has 0 aromatic heterocycles. The Bertz CT molecular complexity index is 167. The van der Waals surface area contributed by atoms with Gasteiger partial charge in [-0.2, -0.15) is 0 Å². The Morgan fingerprint density at radius 3 is 2.64 bits per heavy atom. The van der Waals surface area contributed by atoms with Crippen LogP contribution >= 0.6 is 11.8 Å². The standard InChI is InChI=1S/C7H15N3S/c1-6-5-11-7(8-2)10(6)9(3)4/h5,7-8H,1-4H3. The molecule has 0 aromatic rings. The first-order chi connectivity index (χ1) is 5.16. The molecule has 1 N–H and O–H groups in total. The SMILES string of the molecule is CNC1SC=C(C)N1N(C)C. The number of allylic oxidation sites excluding steroid dienone is 1. The zero-order valence-corrected chi connectivity index (χ0v) is 8.27. The maximum atomic E-state index is 3.22. The van der Waals surface area contributed by atoms with Crippen molar-refractivity contribution in [3.63, 3.8) is 0 Å². The molecule has 0 saturated heterocycles. The largest absolute Gasteiger partial charge is 0.290 e. The maximum Gasteiger partial charge on any atom is 0.146 e. The van der Waals surface area contributed by atoms with E-state index in [1.165, 1.54) is 5.70 Å². The molecule has 0 bridgehead atoms. The molecule has 0 aliphatic carbocycles. The van der Waals surface area contributed by atoms with Crippen LogP contribution in [-0.4, -0.2) is 36.7 Å². The van der Waals surface area contributed by atoms with E-state index in [2.05, 4.69) is 27.7 Å². The lowest BCUT2D eigenvalue weighted by Gasteiger charge is -2.32. The molecule has 0 aromatic carbocycles. The molecule has 64 valence electrons. The monoisotopic (exact) mass is 173 g/mol. The smallest absolute Gasteiger partial charge is 0.146 e. The van der Waals surface area contributed by atoms with Gasteiger partial charge in [0, 0.05) is 19.8 Å². The number of hydrazine groups is 1. The first-order valence-corrected chi connectivity index (χ1v) is 4.57. The van der Waals surface area contributed by atoms with E-state index in [0.717, 1.165) is 0 Å². The third-order valence-electron chi connectivity index (χ3n) is 1.63. The molecule has 0 amide bonds. The van der Waals surface area contributed by atoms with Crippen LogP contribution in [0.2, 0.25) is 0 Å². The summed E-state index contributed by atoms with van der Waals surface area (Å²) in [7, 11) is 6.07. The lowest BCUT2D eigenvalue weighted by molar-refractivity contribution is 0.0490. The molecule has 1 atom stereocenters. The molecule has 3 nitrogen and oxygen atoms in total. The zero-order valence-electron chi connectivity index (χ0n) is 7.46. The van der Waals surface area contributed by atoms with Gasteiger partial charge in [0.15, 0.2) is 0 Å². The Hall–Kier alpha value is -0.190. The summed E-state index contributed by atoms with van der Waals surface area (Å²) in [6, 6.07) is 0. The van der Waals surface area contributed by atoms with Crippen LogP contribution in [0, 0.1) is 0 Å². The maximum absolute atomic E-state index is 3.22. The van der Waals surface area contributed by atoms with Crippen molar-refractivity contribution < 1.29 is 0 Å². The minimum absolute atomic E-state index is 0.366. The molecule has 0 fully saturated rings. The molecule has 0 spiro atoms. The third-order valence-corrected chi connectivity index (χ3v) is 2.80. The van der Waals surface area contributed by atoms with Crippen LogP contribution in [-0.2, 0) is 0 Å². The average molecular weight is 173 g/mol. The van der Waals surface area contributed by atoms with Crippen LogP contribution in [0.25, 0.3) is 0 Å². The van der Waals surface area contributed by atoms with Gasteiger partial charge >= 0.3 is 0 Å². The molecular weight excluding hydrogens is 158 g/mol. The molecule has 1 aliphatic heterocycles. The summed E-state index contributed by atoms with van der Waals surface area (Å²) in [6.07, 6.45) is 0. The Balaban J connectivity index is 2.64. The number of rotatable bonds is 2. The summed E-state index contributed by atoms with van der Waals surface area (Å²) in [5, 5.41) is 9.69. The van der Waals surface area contributed by atoms with E-state index in [0.29, 0.717) is 5.50 Å². The Labute approximate surface area is 72.4 Å². The molecule has 0 radical (unpaired) electrons. The molecule has 1 unspecified atom stereocenters. The first kappa shape index (κ1) is 8.90. The minimum atomic E-state index is 0.366. The van der Waals surface area contributed by atoms with Gasteiger partial charge in [-0.3, -0.25) is 10.3 Å². The predicted molar refractivity (Wildman–Crippen MR) is 49.7 cm³/mol. The number of nitrogens with zero attached hydrogens (tertiary/aromatic N) is 2. The average Bonchev–Trinajstić information content (AvgIpc) is 2.30. The Kier molecular flexibility index (Phi) is 2.81. The van der Waals surface area contributed by atoms with Gasteiger partial charge in [0.1, 0.15) is 5.50 Å². The molecule has 4 heteroatoms. The molecule has 11 heavy (non-hydrogen) atoms. The highest BCUT2D eigenvalue weighted by atomic mass is 32.2. The molecule has 1 heterocycles. The number of thioether (sulfide) groups is 1. The number of nitrogens with one attached hydrogen (secondary N) is 1. The highest BCUT2D eigenvalue weighted by Crippen LogP contribution is 2.28. The fraction of sp³-hybridized carbons (Fsp3) is 0.714. The van der Waals surface area contributed by atoms with E-state index in [9.17, 15) is 0 Å². The molecular formula is C7H15N3S. The predicted octanol–water partition coefficient (Wildman–Crippen LogP) is 0.876. The first-order valence-electron chi connectivity index (χ1n) is 3.62. The lowest BCUT2D eigenvalue weighted by atomic mass is 10.5. The van der Waals surface area contributed by atoms with Crippen molar-refractivity contribution >= 4 is 11.8 Å². The van der Waals surface area contributed by atoms with Crippen molar-refractivity contribution in [2.75, 3.05) is 21.1 Å². The summed E-state index contributed by atoms with van der Waals surface area (Å²) >= 11 is 1.80. The second-order valence-corrected chi connectivity index (χ2v) is 3.68. The van der Waals surface area contributed by atoms with Crippen molar-refractivity contribution in [2.45, 2.75) is 12.4 Å². The fourth-order valence-corrected chi connectivity index (χ4v) is 2.22. The summed E-state index contributed by atoms with van der Waals surface area (Å²) < 4.78 is 0. The van der Waals surface area contributed by atoms with Gasteiger partial charge in [0.25, 0.3) is 0 Å². The van der Waals surface area contributed by atoms with E-state index >= 15 is 0 Å². The van der Waals surface area contributed by atoms with Gasteiger partial charge in [-0.15, -0.1) is 0 Å². The van der Waals surface area contributed by atoms with E-state index in [4.69, 9.17) is 0 Å². The van der Waals surface area contributed by atoms with Crippen molar-refractivity contribution in [3.05, 3.63) is 11.1 Å². The second kappa shape index (κ2) is 3.47. The van der Waals surface area contributed by atoms with Crippen molar-refractivity contribution in [3.8, 4) is 0 Å². The van der Waals surface area contributed by atoms with Gasteiger partial charge in [-0.25, -0.2) is 5.01 Å². The summed E-state index contributed by atoms with van der Waals surface area (Å²) in [4.78, 5) is 0. The highest BCUT2D eigenvalue weighted by Gasteiger charge is 2.23. The van der Waals surface area contributed by atoms with Crippen LogP contribution < -0.4 is 5.32 Å². The summed E-state index contributed by atoms with van der Waals surface area (Å²) in [6.45, 7) is 2.12. The topological polar surface area (TPSA) is 18.5 Å². The number of hydrogen-bond donors (Lipinski definition) is 1. The van der Waals surface area contributed by atoms with Crippen LogP contribution in [0.1, 0.15) is 6.92 Å². The minimum Gasteiger partial charge on any atom is -0.290 e. The van der Waals surface area contributed by atoms with Crippen molar-refractivity contribution in [1.82, 2.24) is 15.3 Å². The zero-order chi connectivity index (χ0) is 8.43. The van der Waals surface area contributed by atoms with E-state index in [1.54, 1.807) is 11.8 Å². The van der Waals surface area contributed by atoms with E-state index in [-0.39, 0.29) is 0 Å². The van der Waals surface area contributed by atoms with Crippen LogP contribution in [0.4, 0.5) is 0 Å². The normalized spacial score (nSPS) is 24.6. The van der Waals surface area contributed by atoms with Gasteiger partial charge in [0.05, 0.1) is 0 Å². The summed E-state index contributed by atoms with van der Waals surface area (Å²) in [5.74, 6) is 0. The van der Waals surface area contributed by atoms with Crippen LogP contribution in [0.3, 0.4) is 0 Å². The van der Waals surface area contributed by atoms with Gasteiger partial charge in [0.2, 0.25) is 0 Å². The van der Waals surface area contributed by atoms with Crippen molar-refractivity contribution in [1.29, 1.82) is 0 Å². The highest BCUT2D eigenvalue weighted by molar-refractivity contribution is 8.02. The van der Waals surface area contributed by atoms with Gasteiger partial charge in [-0.05, 0) is 19.4 Å². The second-order valence-electron chi connectivity index (χ2n) is 2.73. The van der Waals surface area contributed by atoms with Gasteiger partial charge < -0.3 is 0 Å². The van der Waals surface area contributed by atoms with Crippen LogP contribution in [0.5, 0.6) is 0 Å². The van der Waals surface area contributed by atoms with Crippen LogP contribution in [0.15, 0.2) is 11.1 Å². The Morgan fingerprint density at radius 2 is 2.27 bits per heavy atom. The van der Waals surface area contributed by atoms with Gasteiger partial charge in [-0.1, -0.05) is 11.8 Å². The van der Waals surface area contributed by atoms with Crippen molar-refractivity contribution in [2.24, 2.45) is 0 Å². The number of hydrogen-bond acceptors (Lipinski definition) is 4. The molecule has 1 aliphatic rings. The lowest BCUT2D eigenvalue weighted by Crippen LogP contribution is -2.45. The quantitative estimate of drug-likeness (QED) is 0.668. The Morgan fingerprint density at radius 1 is 1.64 bits per heavy atom. The summed E-state index contributed by atoms with van der Waals surface area (Å²) in [5.41, 5.74) is 1.66. The van der Waals surface area contributed by atoms with E-state index < -0.39 is 0 Å².